The number of ether oxygens (including phenoxy) is 1. The van der Waals surface area contributed by atoms with Gasteiger partial charge in [-0.2, -0.15) is 0 Å². The molecule has 2 rings (SSSR count). The molecule has 1 atom stereocenters. The quantitative estimate of drug-likeness (QED) is 0.308. The van der Waals surface area contributed by atoms with E-state index in [4.69, 9.17) is 16.3 Å². The largest absolute Gasteiger partial charge is 0.454 e. The first-order chi connectivity index (χ1) is 15.6. The molecular formula is C23H26ClN3O6. The Morgan fingerprint density at radius 2 is 1.85 bits per heavy atom. The molecule has 0 saturated carbocycles. The predicted molar refractivity (Wildman–Crippen MR) is 123 cm³/mol. The van der Waals surface area contributed by atoms with Crippen molar-refractivity contribution >= 4 is 35.1 Å². The predicted octanol–water partition coefficient (Wildman–Crippen LogP) is 3.21. The molecule has 0 saturated heterocycles. The number of benzene rings is 2. The van der Waals surface area contributed by atoms with Gasteiger partial charge in [-0.05, 0) is 36.5 Å². The molecule has 0 spiro atoms. The molecule has 33 heavy (non-hydrogen) atoms. The Labute approximate surface area is 196 Å². The van der Waals surface area contributed by atoms with Crippen LogP contribution in [0, 0.1) is 23.0 Å². The third kappa shape index (κ3) is 7.57. The molecule has 0 heterocycles. The number of amides is 2. The highest BCUT2D eigenvalue weighted by atomic mass is 35.5. The number of nitrogens with zero attached hydrogens (tertiary/aromatic N) is 1. The van der Waals surface area contributed by atoms with Gasteiger partial charge in [0.15, 0.2) is 6.61 Å². The molecule has 0 aliphatic carbocycles. The van der Waals surface area contributed by atoms with Crippen LogP contribution < -0.4 is 10.6 Å². The fourth-order valence-electron chi connectivity index (χ4n) is 3.02. The first kappa shape index (κ1) is 25.8. The molecule has 2 amide bonds. The summed E-state index contributed by atoms with van der Waals surface area (Å²) in [4.78, 5) is 47.3. The normalized spacial score (nSPS) is 11.5. The second kappa shape index (κ2) is 12.0. The number of nitro groups is 1. The number of non-ortho nitro benzene ring substituents is 1. The maximum atomic E-state index is 12.6. The molecule has 0 aliphatic rings. The molecule has 2 aromatic carbocycles. The Bertz CT molecular complexity index is 1040. The molecular weight excluding hydrogens is 450 g/mol. The summed E-state index contributed by atoms with van der Waals surface area (Å²) >= 11 is 5.98. The maximum absolute atomic E-state index is 12.6. The van der Waals surface area contributed by atoms with Crippen LogP contribution >= 0.6 is 11.6 Å². The van der Waals surface area contributed by atoms with Crippen LogP contribution in [0.1, 0.15) is 35.3 Å². The maximum Gasteiger partial charge on any atom is 0.329 e. The zero-order valence-corrected chi connectivity index (χ0v) is 19.3. The number of nitrogens with one attached hydrogen (secondary N) is 2. The summed E-state index contributed by atoms with van der Waals surface area (Å²) in [5.41, 5.74) is 1.96. The highest BCUT2D eigenvalue weighted by Crippen LogP contribution is 2.22. The number of hydrogen-bond donors (Lipinski definition) is 2. The Balaban J connectivity index is 1.89. The molecule has 0 fully saturated rings. The highest BCUT2D eigenvalue weighted by molar-refractivity contribution is 6.34. The second-order valence-electron chi connectivity index (χ2n) is 7.75. The van der Waals surface area contributed by atoms with Crippen LogP contribution in [0.4, 0.5) is 5.69 Å². The number of hydrogen-bond acceptors (Lipinski definition) is 6. The lowest BCUT2D eigenvalue weighted by Gasteiger charge is -2.21. The van der Waals surface area contributed by atoms with Crippen LogP contribution in [0.3, 0.4) is 0 Å². The molecule has 10 heteroatoms. The first-order valence-corrected chi connectivity index (χ1v) is 10.7. The smallest absolute Gasteiger partial charge is 0.329 e. The standard InChI is InChI=1S/C23H26ClN3O6/c1-14(2)21(26-22(29)18-9-8-17(27(31)32)12-19(18)24)23(30)33-13-20(28)25-11-10-16-7-5-4-6-15(16)3/h4-9,12,14,21H,10-11,13H2,1-3H3,(H,25,28)(H,26,29)/t21-/m0/s1. The van der Waals surface area contributed by atoms with Gasteiger partial charge >= 0.3 is 5.97 Å². The van der Waals surface area contributed by atoms with Gasteiger partial charge in [0.05, 0.1) is 15.5 Å². The van der Waals surface area contributed by atoms with Gasteiger partial charge in [0.2, 0.25) is 0 Å². The van der Waals surface area contributed by atoms with E-state index in [0.717, 1.165) is 23.3 Å². The Kier molecular flexibility index (Phi) is 9.35. The fraction of sp³-hybridized carbons (Fsp3) is 0.348. The summed E-state index contributed by atoms with van der Waals surface area (Å²) < 4.78 is 5.08. The lowest BCUT2D eigenvalue weighted by atomic mass is 10.0. The summed E-state index contributed by atoms with van der Waals surface area (Å²) in [5.74, 6) is -2.26. The van der Waals surface area contributed by atoms with E-state index in [1.165, 1.54) is 6.07 Å². The van der Waals surface area contributed by atoms with Crippen LogP contribution in [-0.2, 0) is 20.7 Å². The van der Waals surface area contributed by atoms with Crippen LogP contribution in [0.15, 0.2) is 42.5 Å². The Morgan fingerprint density at radius 1 is 1.15 bits per heavy atom. The Morgan fingerprint density at radius 3 is 2.45 bits per heavy atom. The van der Waals surface area contributed by atoms with Crippen LogP contribution in [-0.4, -0.2) is 41.9 Å². The number of nitro benzene ring substituents is 1. The molecule has 9 nitrogen and oxygen atoms in total. The van der Waals surface area contributed by atoms with Crippen LogP contribution in [0.2, 0.25) is 5.02 Å². The lowest BCUT2D eigenvalue weighted by Crippen LogP contribution is -2.46. The number of aryl methyl sites for hydroxylation is 1. The molecule has 2 N–H and O–H groups in total. The third-order valence-corrected chi connectivity index (χ3v) is 5.25. The minimum Gasteiger partial charge on any atom is -0.454 e. The topological polar surface area (TPSA) is 128 Å². The van der Waals surface area contributed by atoms with Crippen molar-refractivity contribution in [1.82, 2.24) is 10.6 Å². The molecule has 2 aromatic rings. The molecule has 0 aliphatic heterocycles. The van der Waals surface area contributed by atoms with E-state index in [0.29, 0.717) is 13.0 Å². The minimum absolute atomic E-state index is 0.0188. The van der Waals surface area contributed by atoms with E-state index < -0.39 is 35.4 Å². The second-order valence-corrected chi connectivity index (χ2v) is 8.16. The van der Waals surface area contributed by atoms with Gasteiger partial charge in [0.25, 0.3) is 17.5 Å². The van der Waals surface area contributed by atoms with Gasteiger partial charge in [-0.3, -0.25) is 19.7 Å². The summed E-state index contributed by atoms with van der Waals surface area (Å²) in [7, 11) is 0. The highest BCUT2D eigenvalue weighted by Gasteiger charge is 2.28. The van der Waals surface area contributed by atoms with E-state index in [1.54, 1.807) is 13.8 Å². The van der Waals surface area contributed by atoms with Crippen molar-refractivity contribution in [2.45, 2.75) is 33.2 Å². The van der Waals surface area contributed by atoms with Crippen molar-refractivity contribution in [2.75, 3.05) is 13.2 Å². The van der Waals surface area contributed by atoms with Gasteiger partial charge in [0, 0.05) is 18.7 Å². The van der Waals surface area contributed by atoms with Crippen molar-refractivity contribution in [3.63, 3.8) is 0 Å². The number of rotatable bonds is 10. The SMILES string of the molecule is Cc1ccccc1CCNC(=O)COC(=O)[C@@H](NC(=O)c1ccc([N+](=O)[O-])cc1Cl)C(C)C. The van der Waals surface area contributed by atoms with E-state index in [1.807, 2.05) is 31.2 Å². The van der Waals surface area contributed by atoms with Crippen molar-refractivity contribution in [3.05, 3.63) is 74.3 Å². The molecule has 176 valence electrons. The molecule has 0 aromatic heterocycles. The van der Waals surface area contributed by atoms with E-state index in [2.05, 4.69) is 10.6 Å². The van der Waals surface area contributed by atoms with Crippen molar-refractivity contribution in [1.29, 1.82) is 0 Å². The third-order valence-electron chi connectivity index (χ3n) is 4.94. The average Bonchev–Trinajstić information content (AvgIpc) is 2.76. The van der Waals surface area contributed by atoms with Gasteiger partial charge < -0.3 is 15.4 Å². The van der Waals surface area contributed by atoms with Gasteiger partial charge in [-0.15, -0.1) is 0 Å². The van der Waals surface area contributed by atoms with Gasteiger partial charge in [-0.25, -0.2) is 4.79 Å². The monoisotopic (exact) mass is 475 g/mol. The first-order valence-electron chi connectivity index (χ1n) is 10.3. The van der Waals surface area contributed by atoms with Crippen molar-refractivity contribution < 1.29 is 24.0 Å². The van der Waals surface area contributed by atoms with Crippen molar-refractivity contribution in [2.24, 2.45) is 5.92 Å². The summed E-state index contributed by atoms with van der Waals surface area (Å²) in [6.45, 7) is 5.30. The molecule has 0 unspecified atom stereocenters. The number of carbonyl (C=O) groups is 3. The average molecular weight is 476 g/mol. The van der Waals surface area contributed by atoms with Gasteiger partial charge in [0.1, 0.15) is 6.04 Å². The zero-order valence-electron chi connectivity index (χ0n) is 18.6. The molecule has 0 bridgehead atoms. The summed E-state index contributed by atoms with van der Waals surface area (Å²) in [6.07, 6.45) is 0.646. The lowest BCUT2D eigenvalue weighted by molar-refractivity contribution is -0.384. The number of esters is 1. The van der Waals surface area contributed by atoms with Crippen LogP contribution in [0.25, 0.3) is 0 Å². The van der Waals surface area contributed by atoms with E-state index >= 15 is 0 Å². The van der Waals surface area contributed by atoms with E-state index in [9.17, 15) is 24.5 Å². The zero-order chi connectivity index (χ0) is 24.5. The summed E-state index contributed by atoms with van der Waals surface area (Å²) in [5, 5.41) is 15.9. The Hall–Kier alpha value is -3.46. The molecule has 0 radical (unpaired) electrons. The fourth-order valence-corrected chi connectivity index (χ4v) is 3.28. The summed E-state index contributed by atoms with van der Waals surface area (Å²) in [6, 6.07) is 10.2. The minimum atomic E-state index is -1.04. The number of carbonyl (C=O) groups excluding carboxylic acids is 3. The number of halogens is 1. The van der Waals surface area contributed by atoms with Crippen LogP contribution in [0.5, 0.6) is 0 Å². The van der Waals surface area contributed by atoms with E-state index in [-0.39, 0.29) is 22.2 Å². The van der Waals surface area contributed by atoms with Crippen molar-refractivity contribution in [3.8, 4) is 0 Å². The van der Waals surface area contributed by atoms with Gasteiger partial charge in [-0.1, -0.05) is 49.7 Å².